The lowest BCUT2D eigenvalue weighted by Gasteiger charge is -1.88. The van der Waals surface area contributed by atoms with Gasteiger partial charge in [-0.1, -0.05) is 0 Å². The molecule has 0 unspecified atom stereocenters. The zero-order chi connectivity index (χ0) is 4.83. The van der Waals surface area contributed by atoms with Crippen LogP contribution < -0.4 is 11.0 Å². The summed E-state index contributed by atoms with van der Waals surface area (Å²) in [6, 6.07) is 0. The topological polar surface area (TPSA) is 36.4 Å². The van der Waals surface area contributed by atoms with Crippen molar-refractivity contribution in [3.63, 3.8) is 0 Å². The van der Waals surface area contributed by atoms with E-state index in [-0.39, 0.29) is 0 Å². The van der Waals surface area contributed by atoms with Crippen LogP contribution in [0, 0.1) is 0 Å². The van der Waals surface area contributed by atoms with E-state index in [0.717, 1.165) is 0 Å². The molecule has 0 saturated carbocycles. The zero-order valence-corrected chi connectivity index (χ0v) is 4.02. The summed E-state index contributed by atoms with van der Waals surface area (Å²) in [6.07, 6.45) is 1.66. The lowest BCUT2D eigenvalue weighted by molar-refractivity contribution is 0.635. The Morgan fingerprint density at radius 2 is 2.33 bits per heavy atom. The predicted molar refractivity (Wildman–Crippen MR) is 26.4 cm³/mol. The highest BCUT2D eigenvalue weighted by Crippen LogP contribution is 1.42. The lowest BCUT2D eigenvalue weighted by Crippen LogP contribution is -2.20. The second-order valence-electron chi connectivity index (χ2n) is 0.749. The van der Waals surface area contributed by atoms with Gasteiger partial charge in [0.05, 0.1) is 0 Å². The number of hydrazone groups is 1. The SMILES string of the molecule is C/C=N\NNC. The van der Waals surface area contributed by atoms with Gasteiger partial charge in [-0.3, -0.25) is 0 Å². The normalized spacial score (nSPS) is 9.67. The second-order valence-corrected chi connectivity index (χ2v) is 0.749. The quantitative estimate of drug-likeness (QED) is 0.359. The maximum absolute atomic E-state index is 3.60. The molecule has 3 heteroatoms. The smallest absolute Gasteiger partial charge is 0.0227 e. The van der Waals surface area contributed by atoms with E-state index >= 15 is 0 Å². The Morgan fingerprint density at radius 1 is 1.67 bits per heavy atom. The summed E-state index contributed by atoms with van der Waals surface area (Å²) in [6.45, 7) is 1.84. The van der Waals surface area contributed by atoms with E-state index in [1.165, 1.54) is 0 Å². The largest absolute Gasteiger partial charge is 0.244 e. The highest BCUT2D eigenvalue weighted by molar-refractivity contribution is 5.52. The third-order valence-electron chi connectivity index (χ3n) is 0.305. The van der Waals surface area contributed by atoms with Crippen LogP contribution in [0.4, 0.5) is 0 Å². The van der Waals surface area contributed by atoms with Gasteiger partial charge in [0.25, 0.3) is 0 Å². The highest BCUT2D eigenvalue weighted by atomic mass is 15.5. The van der Waals surface area contributed by atoms with Crippen LogP contribution in [0.25, 0.3) is 0 Å². The molecule has 0 aromatic rings. The Kier molecular flexibility index (Phi) is 4.01. The molecule has 36 valence electrons. The van der Waals surface area contributed by atoms with Crippen molar-refractivity contribution in [1.29, 1.82) is 0 Å². The van der Waals surface area contributed by atoms with Crippen molar-refractivity contribution in [1.82, 2.24) is 11.0 Å². The third-order valence-corrected chi connectivity index (χ3v) is 0.305. The van der Waals surface area contributed by atoms with Gasteiger partial charge in [0.2, 0.25) is 0 Å². The molecule has 0 spiro atoms. The minimum absolute atomic E-state index is 1.66. The fourth-order valence-corrected chi connectivity index (χ4v) is 0.129. The van der Waals surface area contributed by atoms with E-state index in [1.54, 1.807) is 13.3 Å². The molecule has 0 rings (SSSR count). The fourth-order valence-electron chi connectivity index (χ4n) is 0.129. The van der Waals surface area contributed by atoms with Gasteiger partial charge in [-0.25, -0.2) is 11.0 Å². The highest BCUT2D eigenvalue weighted by Gasteiger charge is 1.54. The molecule has 0 aliphatic rings. The van der Waals surface area contributed by atoms with E-state index in [2.05, 4.69) is 16.1 Å². The summed E-state index contributed by atoms with van der Waals surface area (Å²) in [5.41, 5.74) is 5.14. The van der Waals surface area contributed by atoms with Crippen LogP contribution in [0.5, 0.6) is 0 Å². The van der Waals surface area contributed by atoms with Crippen LogP contribution in [-0.2, 0) is 0 Å². The average Bonchev–Trinajstić information content (AvgIpc) is 1.61. The van der Waals surface area contributed by atoms with Crippen LogP contribution >= 0.6 is 0 Å². The van der Waals surface area contributed by atoms with Crippen molar-refractivity contribution >= 4 is 6.21 Å². The molecular formula is C3H9N3. The number of hydrazine groups is 1. The first kappa shape index (κ1) is 5.43. The van der Waals surface area contributed by atoms with Crippen molar-refractivity contribution in [3.8, 4) is 0 Å². The summed E-state index contributed by atoms with van der Waals surface area (Å²) in [7, 11) is 1.76. The van der Waals surface area contributed by atoms with Crippen LogP contribution in [0.2, 0.25) is 0 Å². The molecule has 0 aromatic heterocycles. The molecular weight excluding hydrogens is 78.1 g/mol. The van der Waals surface area contributed by atoms with E-state index in [1.807, 2.05) is 6.92 Å². The van der Waals surface area contributed by atoms with E-state index in [0.29, 0.717) is 0 Å². The first-order valence-corrected chi connectivity index (χ1v) is 1.81. The second kappa shape index (κ2) is 4.43. The molecule has 6 heavy (non-hydrogen) atoms. The van der Waals surface area contributed by atoms with Gasteiger partial charge in [-0.15, -0.1) is 0 Å². The monoisotopic (exact) mass is 87.1 g/mol. The molecule has 0 fully saturated rings. The van der Waals surface area contributed by atoms with Gasteiger partial charge in [-0.2, -0.15) is 5.10 Å². The number of hydrogen-bond donors (Lipinski definition) is 2. The maximum Gasteiger partial charge on any atom is 0.0227 e. The van der Waals surface area contributed by atoms with Crippen LogP contribution in [0.15, 0.2) is 5.10 Å². The molecule has 0 atom stereocenters. The van der Waals surface area contributed by atoms with Crippen LogP contribution in [0.3, 0.4) is 0 Å². The third kappa shape index (κ3) is 3.43. The number of nitrogens with zero attached hydrogens (tertiary/aromatic N) is 1. The number of hydrogen-bond acceptors (Lipinski definition) is 3. The van der Waals surface area contributed by atoms with Crippen molar-refractivity contribution in [2.75, 3.05) is 7.05 Å². The molecule has 0 aliphatic heterocycles. The standard InChI is InChI=1S/C3H9N3/c1-3-5-6-4-2/h3-4,6H,1-2H3/b5-3-. The first-order valence-electron chi connectivity index (χ1n) is 1.81. The van der Waals surface area contributed by atoms with E-state index in [4.69, 9.17) is 0 Å². The predicted octanol–water partition coefficient (Wildman–Crippen LogP) is -0.284. The van der Waals surface area contributed by atoms with Gasteiger partial charge in [0.15, 0.2) is 0 Å². The van der Waals surface area contributed by atoms with E-state index < -0.39 is 0 Å². The molecule has 0 aliphatic carbocycles. The van der Waals surface area contributed by atoms with Crippen molar-refractivity contribution in [3.05, 3.63) is 0 Å². The summed E-state index contributed by atoms with van der Waals surface area (Å²) in [5.74, 6) is 0. The van der Waals surface area contributed by atoms with Gasteiger partial charge in [-0.05, 0) is 6.92 Å². The summed E-state index contributed by atoms with van der Waals surface area (Å²) >= 11 is 0. The zero-order valence-electron chi connectivity index (χ0n) is 4.02. The van der Waals surface area contributed by atoms with Gasteiger partial charge < -0.3 is 0 Å². The van der Waals surface area contributed by atoms with Crippen LogP contribution in [-0.4, -0.2) is 13.3 Å². The molecule has 2 N–H and O–H groups in total. The Bertz CT molecular complexity index is 41.3. The van der Waals surface area contributed by atoms with Crippen molar-refractivity contribution in [2.45, 2.75) is 6.92 Å². The van der Waals surface area contributed by atoms with E-state index in [9.17, 15) is 0 Å². The Balaban J connectivity index is 2.66. The number of rotatable bonds is 2. The molecule has 0 amide bonds. The van der Waals surface area contributed by atoms with Gasteiger partial charge >= 0.3 is 0 Å². The first-order chi connectivity index (χ1) is 2.91. The molecule has 0 bridgehead atoms. The Morgan fingerprint density at radius 3 is 2.50 bits per heavy atom. The summed E-state index contributed by atoms with van der Waals surface area (Å²) in [4.78, 5) is 0. The Labute approximate surface area is 37.4 Å². The molecule has 0 aromatic carbocycles. The molecule has 3 nitrogen and oxygen atoms in total. The fraction of sp³-hybridized carbons (Fsp3) is 0.667. The lowest BCUT2D eigenvalue weighted by atomic mass is 10.9. The average molecular weight is 87.1 g/mol. The molecule has 0 saturated heterocycles. The van der Waals surface area contributed by atoms with Gasteiger partial charge in [0.1, 0.15) is 0 Å². The van der Waals surface area contributed by atoms with Gasteiger partial charge in [0, 0.05) is 13.3 Å². The molecule has 0 heterocycles. The van der Waals surface area contributed by atoms with Crippen molar-refractivity contribution < 1.29 is 0 Å². The van der Waals surface area contributed by atoms with Crippen LogP contribution in [0.1, 0.15) is 6.92 Å². The Hall–Kier alpha value is -0.570. The maximum atomic E-state index is 3.60. The minimum atomic E-state index is 1.66. The number of nitrogens with one attached hydrogen (secondary N) is 2. The summed E-state index contributed by atoms with van der Waals surface area (Å²) < 4.78 is 0. The molecule has 0 radical (unpaired) electrons. The minimum Gasteiger partial charge on any atom is -0.244 e. The van der Waals surface area contributed by atoms with Crippen molar-refractivity contribution in [2.24, 2.45) is 5.10 Å². The summed E-state index contributed by atoms with van der Waals surface area (Å²) in [5, 5.41) is 3.60.